The molecule has 2 aliphatic rings. The zero-order valence-corrected chi connectivity index (χ0v) is 24.1. The van der Waals surface area contributed by atoms with Crippen LogP contribution in [-0.2, 0) is 11.3 Å². The Balaban J connectivity index is 1.31. The number of benzene rings is 1. The van der Waals surface area contributed by atoms with E-state index in [1.54, 1.807) is 18.5 Å². The maximum absolute atomic E-state index is 11.4. The molecule has 2 aromatic heterocycles. The van der Waals surface area contributed by atoms with Gasteiger partial charge >= 0.3 is 6.09 Å². The highest BCUT2D eigenvalue weighted by Gasteiger charge is 2.21. The molecule has 2 aliphatic heterocycles. The van der Waals surface area contributed by atoms with Gasteiger partial charge in [-0.25, -0.2) is 19.7 Å². The normalized spacial score (nSPS) is 16.5. The Morgan fingerprint density at radius 1 is 0.975 bits per heavy atom. The Bertz CT molecular complexity index is 1280. The van der Waals surface area contributed by atoms with Gasteiger partial charge in [-0.3, -0.25) is 4.90 Å². The molecule has 1 N–H and O–H groups in total. The van der Waals surface area contributed by atoms with Crippen molar-refractivity contribution in [2.45, 2.75) is 38.6 Å². The summed E-state index contributed by atoms with van der Waals surface area (Å²) in [7, 11) is 1.38. The fourth-order valence-electron chi connectivity index (χ4n) is 5.20. The third-order valence-electron chi connectivity index (χ3n) is 7.33. The zero-order valence-electron chi connectivity index (χ0n) is 22.6. The van der Waals surface area contributed by atoms with E-state index in [4.69, 9.17) is 32.9 Å². The first-order valence-electron chi connectivity index (χ1n) is 13.7. The van der Waals surface area contributed by atoms with Gasteiger partial charge in [-0.15, -0.1) is 0 Å². The van der Waals surface area contributed by atoms with Gasteiger partial charge < -0.3 is 19.7 Å². The molecule has 0 bridgehead atoms. The number of amides is 1. The molecule has 0 radical (unpaired) electrons. The molecule has 0 aliphatic carbocycles. The number of rotatable bonds is 8. The number of anilines is 1. The Morgan fingerprint density at radius 3 is 2.35 bits per heavy atom. The summed E-state index contributed by atoms with van der Waals surface area (Å²) >= 11 is 12.6. The van der Waals surface area contributed by atoms with Crippen LogP contribution in [0.4, 0.5) is 10.7 Å². The number of hydrogen-bond donors (Lipinski definition) is 1. The summed E-state index contributed by atoms with van der Waals surface area (Å²) in [6.07, 6.45) is 8.60. The standard InChI is InChI=1S/C29H34Cl2N6O3/c1-39-29(38)34-16-20-5-9-36(10-6-20)19-21-11-26(22-13-23(30)15-24(31)14-22)35-27(12-21)40-25-17-32-28(33-18-25)37-7-3-2-4-8-37/h11-15,17-18,20H,2-10,16,19H2,1H3,(H,34,38). The molecule has 0 unspecified atom stereocenters. The average molecular weight is 586 g/mol. The number of likely N-dealkylation sites (tertiary alicyclic amines) is 1. The minimum absolute atomic E-state index is 0.382. The summed E-state index contributed by atoms with van der Waals surface area (Å²) in [6, 6.07) is 9.41. The lowest BCUT2D eigenvalue weighted by Crippen LogP contribution is -2.38. The minimum Gasteiger partial charge on any atom is -0.453 e. The predicted octanol–water partition coefficient (Wildman–Crippen LogP) is 6.20. The topological polar surface area (TPSA) is 92.7 Å². The highest BCUT2D eigenvalue weighted by Crippen LogP contribution is 2.31. The number of alkyl carbamates (subject to hydrolysis) is 1. The smallest absolute Gasteiger partial charge is 0.406 e. The molecule has 0 saturated carbocycles. The van der Waals surface area contributed by atoms with Crippen LogP contribution in [0.5, 0.6) is 11.6 Å². The monoisotopic (exact) mass is 584 g/mol. The molecule has 0 spiro atoms. The van der Waals surface area contributed by atoms with Gasteiger partial charge in [0.1, 0.15) is 0 Å². The number of methoxy groups -OCH3 is 1. The van der Waals surface area contributed by atoms with Gasteiger partial charge in [0.05, 0.1) is 25.2 Å². The van der Waals surface area contributed by atoms with Gasteiger partial charge in [-0.05, 0) is 80.9 Å². The summed E-state index contributed by atoms with van der Waals surface area (Å²) < 4.78 is 10.9. The predicted molar refractivity (Wildman–Crippen MR) is 156 cm³/mol. The largest absolute Gasteiger partial charge is 0.453 e. The van der Waals surface area contributed by atoms with Gasteiger partial charge in [0.25, 0.3) is 0 Å². The highest BCUT2D eigenvalue weighted by atomic mass is 35.5. The molecule has 3 aromatic rings. The minimum atomic E-state index is -0.382. The number of nitrogens with one attached hydrogen (secondary N) is 1. The average Bonchev–Trinajstić information content (AvgIpc) is 2.97. The molecule has 11 heteroatoms. The lowest BCUT2D eigenvalue weighted by Gasteiger charge is -2.32. The van der Waals surface area contributed by atoms with E-state index in [0.717, 1.165) is 81.2 Å². The number of piperidine rings is 2. The van der Waals surface area contributed by atoms with E-state index >= 15 is 0 Å². The van der Waals surface area contributed by atoms with Gasteiger partial charge in [-0.2, -0.15) is 0 Å². The molecule has 212 valence electrons. The SMILES string of the molecule is COC(=O)NCC1CCN(Cc2cc(Oc3cnc(N4CCCCC4)nc3)nc(-c3cc(Cl)cc(Cl)c3)c2)CC1. The number of halogens is 2. The van der Waals surface area contributed by atoms with E-state index in [0.29, 0.717) is 34.1 Å². The van der Waals surface area contributed by atoms with Crippen molar-refractivity contribution in [3.8, 4) is 22.9 Å². The summed E-state index contributed by atoms with van der Waals surface area (Å²) in [5, 5.41) is 3.90. The first-order chi connectivity index (χ1) is 19.4. The molecule has 2 saturated heterocycles. The zero-order chi connectivity index (χ0) is 27.9. The third-order valence-corrected chi connectivity index (χ3v) is 7.77. The Hall–Kier alpha value is -3.14. The highest BCUT2D eigenvalue weighted by molar-refractivity contribution is 6.35. The van der Waals surface area contributed by atoms with Crippen LogP contribution in [0.3, 0.4) is 0 Å². The van der Waals surface area contributed by atoms with Crippen LogP contribution in [-0.4, -0.2) is 65.8 Å². The maximum atomic E-state index is 11.4. The van der Waals surface area contributed by atoms with Crippen molar-refractivity contribution in [2.75, 3.05) is 44.7 Å². The van der Waals surface area contributed by atoms with Crippen LogP contribution in [0, 0.1) is 5.92 Å². The van der Waals surface area contributed by atoms with Gasteiger partial charge in [0, 0.05) is 47.9 Å². The quantitative estimate of drug-likeness (QED) is 0.334. The van der Waals surface area contributed by atoms with Crippen molar-refractivity contribution in [1.29, 1.82) is 0 Å². The van der Waals surface area contributed by atoms with Crippen LogP contribution in [0.25, 0.3) is 11.3 Å². The van der Waals surface area contributed by atoms with Crippen molar-refractivity contribution in [2.24, 2.45) is 5.92 Å². The number of ether oxygens (including phenoxy) is 2. The van der Waals surface area contributed by atoms with Crippen LogP contribution in [0.1, 0.15) is 37.7 Å². The van der Waals surface area contributed by atoms with E-state index in [1.165, 1.54) is 13.5 Å². The Labute approximate surface area is 244 Å². The van der Waals surface area contributed by atoms with Crippen LogP contribution < -0.4 is 15.0 Å². The fourth-order valence-corrected chi connectivity index (χ4v) is 5.73. The molecular formula is C29H34Cl2N6O3. The second kappa shape index (κ2) is 13.5. The first-order valence-corrected chi connectivity index (χ1v) is 14.5. The summed E-state index contributed by atoms with van der Waals surface area (Å²) in [5.74, 6) is 2.14. The summed E-state index contributed by atoms with van der Waals surface area (Å²) in [4.78, 5) is 29.9. The van der Waals surface area contributed by atoms with Crippen LogP contribution >= 0.6 is 23.2 Å². The number of aromatic nitrogens is 3. The fraction of sp³-hybridized carbons (Fsp3) is 0.448. The lowest BCUT2D eigenvalue weighted by atomic mass is 9.96. The molecule has 1 amide bonds. The number of pyridine rings is 1. The van der Waals surface area contributed by atoms with E-state index in [9.17, 15) is 4.79 Å². The van der Waals surface area contributed by atoms with Crippen molar-refractivity contribution in [1.82, 2.24) is 25.2 Å². The molecule has 40 heavy (non-hydrogen) atoms. The Morgan fingerprint density at radius 2 is 1.68 bits per heavy atom. The number of hydrogen-bond acceptors (Lipinski definition) is 8. The van der Waals surface area contributed by atoms with E-state index < -0.39 is 0 Å². The van der Waals surface area contributed by atoms with E-state index in [-0.39, 0.29) is 6.09 Å². The summed E-state index contributed by atoms with van der Waals surface area (Å²) in [5.41, 5.74) is 2.60. The van der Waals surface area contributed by atoms with Gasteiger partial charge in [0.2, 0.25) is 11.8 Å². The van der Waals surface area contributed by atoms with Crippen molar-refractivity contribution in [3.63, 3.8) is 0 Å². The molecule has 9 nitrogen and oxygen atoms in total. The van der Waals surface area contributed by atoms with Crippen molar-refractivity contribution < 1.29 is 14.3 Å². The van der Waals surface area contributed by atoms with Crippen LogP contribution in [0.15, 0.2) is 42.7 Å². The first kappa shape index (κ1) is 28.4. The Kier molecular flexibility index (Phi) is 9.57. The van der Waals surface area contributed by atoms with E-state index in [2.05, 4.69) is 35.9 Å². The second-order valence-electron chi connectivity index (χ2n) is 10.3. The van der Waals surface area contributed by atoms with Crippen molar-refractivity contribution in [3.05, 3.63) is 58.3 Å². The molecule has 1 aromatic carbocycles. The third kappa shape index (κ3) is 7.74. The molecule has 2 fully saturated rings. The molecule has 5 rings (SSSR count). The second-order valence-corrected chi connectivity index (χ2v) is 11.2. The number of carbonyl (C=O) groups excluding carboxylic acids is 1. The van der Waals surface area contributed by atoms with E-state index in [1.807, 2.05) is 18.2 Å². The molecular weight excluding hydrogens is 551 g/mol. The molecule has 0 atom stereocenters. The van der Waals surface area contributed by atoms with Gasteiger partial charge in [0.15, 0.2) is 5.75 Å². The summed E-state index contributed by atoms with van der Waals surface area (Å²) in [6.45, 7) is 5.18. The number of carbonyl (C=O) groups is 1. The lowest BCUT2D eigenvalue weighted by molar-refractivity contribution is 0.155. The van der Waals surface area contributed by atoms with Crippen LogP contribution in [0.2, 0.25) is 10.0 Å². The molecule has 4 heterocycles. The maximum Gasteiger partial charge on any atom is 0.406 e. The van der Waals surface area contributed by atoms with Gasteiger partial charge in [-0.1, -0.05) is 23.2 Å². The number of nitrogens with zero attached hydrogens (tertiary/aromatic N) is 5. The van der Waals surface area contributed by atoms with Crippen molar-refractivity contribution >= 4 is 35.2 Å².